The number of hydrogen-bond acceptors (Lipinski definition) is 4. The Kier molecular flexibility index (Phi) is 16.0. The molecule has 0 aliphatic carbocycles. The summed E-state index contributed by atoms with van der Waals surface area (Å²) < 4.78 is 16.5. The summed E-state index contributed by atoms with van der Waals surface area (Å²) in [7, 11) is 1.62. The Balaban J connectivity index is 2.30. The molecule has 0 atom stereocenters. The number of esters is 1. The molecule has 0 fully saturated rings. The first-order chi connectivity index (χ1) is 15.4. The standard InChI is InChI=1S/C24H37Cl3O4Si/c1-3-4-5-6-7-10-17-30-22-15-13-21(20-23(22)29-2)14-16-24(28)31-18-11-8-9-12-19-32(25,26)27/h13-16,20H,3-12,17-19H2,1-2H3/b16-14+. The summed E-state index contributed by atoms with van der Waals surface area (Å²) in [5.41, 5.74) is 0.849. The van der Waals surface area contributed by atoms with Crippen LogP contribution in [-0.4, -0.2) is 32.3 Å². The van der Waals surface area contributed by atoms with Gasteiger partial charge in [0.05, 0.1) is 20.3 Å². The van der Waals surface area contributed by atoms with Crippen molar-refractivity contribution in [2.75, 3.05) is 20.3 Å². The van der Waals surface area contributed by atoms with Gasteiger partial charge in [-0.3, -0.25) is 0 Å². The number of hydrogen-bond donors (Lipinski definition) is 0. The lowest BCUT2D eigenvalue weighted by Gasteiger charge is -2.11. The summed E-state index contributed by atoms with van der Waals surface area (Å²) in [6.07, 6.45) is 14.1. The third kappa shape index (κ3) is 15.0. The molecule has 0 saturated carbocycles. The molecule has 1 aromatic carbocycles. The molecular weight excluding hydrogens is 487 g/mol. The van der Waals surface area contributed by atoms with Crippen molar-refractivity contribution in [3.05, 3.63) is 29.8 Å². The lowest BCUT2D eigenvalue weighted by Crippen LogP contribution is -2.07. The lowest BCUT2D eigenvalue weighted by atomic mass is 10.1. The number of ether oxygens (including phenoxy) is 3. The average Bonchev–Trinajstić information content (AvgIpc) is 2.76. The molecular formula is C24H37Cl3O4Si. The zero-order valence-corrected chi connectivity index (χ0v) is 22.6. The van der Waals surface area contributed by atoms with Crippen LogP contribution >= 0.6 is 33.2 Å². The maximum Gasteiger partial charge on any atom is 0.341 e. The molecule has 0 aliphatic rings. The van der Waals surface area contributed by atoms with Gasteiger partial charge in [-0.25, -0.2) is 4.79 Å². The van der Waals surface area contributed by atoms with Crippen LogP contribution in [0.1, 0.15) is 76.7 Å². The molecule has 1 rings (SSSR count). The topological polar surface area (TPSA) is 44.8 Å². The highest BCUT2D eigenvalue weighted by atomic mass is 35.8. The van der Waals surface area contributed by atoms with E-state index in [9.17, 15) is 4.79 Å². The predicted octanol–water partition coefficient (Wildman–Crippen LogP) is 8.21. The fraction of sp³-hybridized carbons (Fsp3) is 0.625. The Labute approximate surface area is 208 Å². The largest absolute Gasteiger partial charge is 0.493 e. The van der Waals surface area contributed by atoms with Gasteiger partial charge in [-0.1, -0.05) is 64.4 Å². The summed E-state index contributed by atoms with van der Waals surface area (Å²) in [5.74, 6) is 1.02. The zero-order valence-electron chi connectivity index (χ0n) is 19.3. The average molecular weight is 524 g/mol. The van der Waals surface area contributed by atoms with E-state index < -0.39 is 6.00 Å². The molecule has 8 heteroatoms. The Hall–Kier alpha value is -0.883. The number of carbonyl (C=O) groups excluding carboxylic acids is 1. The molecule has 0 aromatic heterocycles. The third-order valence-corrected chi connectivity index (χ3v) is 7.58. The quantitative estimate of drug-likeness (QED) is 0.0639. The molecule has 0 N–H and O–H groups in total. The van der Waals surface area contributed by atoms with Crippen LogP contribution < -0.4 is 9.47 Å². The van der Waals surface area contributed by atoms with E-state index in [4.69, 9.17) is 47.4 Å². The first-order valence-electron chi connectivity index (χ1n) is 11.6. The second-order valence-corrected chi connectivity index (χ2v) is 17.1. The number of carbonyl (C=O) groups is 1. The van der Waals surface area contributed by atoms with E-state index in [0.29, 0.717) is 25.0 Å². The van der Waals surface area contributed by atoms with E-state index in [1.165, 1.54) is 38.2 Å². The van der Waals surface area contributed by atoms with Crippen molar-refractivity contribution in [3.63, 3.8) is 0 Å². The number of benzene rings is 1. The Morgan fingerprint density at radius 2 is 1.56 bits per heavy atom. The monoisotopic (exact) mass is 522 g/mol. The maximum atomic E-state index is 11.9. The van der Waals surface area contributed by atoms with E-state index in [0.717, 1.165) is 43.4 Å². The predicted molar refractivity (Wildman–Crippen MR) is 138 cm³/mol. The fourth-order valence-corrected chi connectivity index (χ4v) is 4.99. The van der Waals surface area contributed by atoms with Crippen LogP contribution in [-0.2, 0) is 9.53 Å². The van der Waals surface area contributed by atoms with Gasteiger partial charge in [-0.15, -0.1) is 33.2 Å². The Morgan fingerprint density at radius 1 is 0.906 bits per heavy atom. The second-order valence-electron chi connectivity index (χ2n) is 7.81. The minimum absolute atomic E-state index is 0.360. The van der Waals surface area contributed by atoms with Gasteiger partial charge >= 0.3 is 12.0 Å². The molecule has 32 heavy (non-hydrogen) atoms. The first-order valence-corrected chi connectivity index (χ1v) is 16.8. The van der Waals surface area contributed by atoms with Gasteiger partial charge in [-0.05, 0) is 42.7 Å². The van der Waals surface area contributed by atoms with Crippen LogP contribution in [0.5, 0.6) is 11.5 Å². The molecule has 0 amide bonds. The van der Waals surface area contributed by atoms with E-state index in [2.05, 4.69) is 6.92 Å². The molecule has 0 radical (unpaired) electrons. The molecule has 1 aromatic rings. The highest BCUT2D eigenvalue weighted by Gasteiger charge is 2.23. The molecule has 4 nitrogen and oxygen atoms in total. The van der Waals surface area contributed by atoms with Gasteiger partial charge in [0, 0.05) is 6.08 Å². The van der Waals surface area contributed by atoms with Crippen LogP contribution in [0.15, 0.2) is 24.3 Å². The third-order valence-electron chi connectivity index (χ3n) is 4.95. The second kappa shape index (κ2) is 17.6. The molecule has 0 spiro atoms. The fourth-order valence-electron chi connectivity index (χ4n) is 3.14. The van der Waals surface area contributed by atoms with E-state index in [1.54, 1.807) is 13.2 Å². The van der Waals surface area contributed by atoms with Gasteiger partial charge in [0.15, 0.2) is 11.5 Å². The molecule has 0 unspecified atom stereocenters. The molecule has 0 bridgehead atoms. The first kappa shape index (κ1) is 29.1. The number of unbranched alkanes of at least 4 members (excludes halogenated alkanes) is 8. The molecule has 182 valence electrons. The summed E-state index contributed by atoms with van der Waals surface area (Å²) in [6, 6.07) is 3.80. The summed E-state index contributed by atoms with van der Waals surface area (Å²) in [5, 5.41) is 0. The minimum atomic E-state index is -2.51. The summed E-state index contributed by atoms with van der Waals surface area (Å²) >= 11 is 17.6. The van der Waals surface area contributed by atoms with Crippen molar-refractivity contribution >= 4 is 51.3 Å². The van der Waals surface area contributed by atoms with E-state index >= 15 is 0 Å². The summed E-state index contributed by atoms with van der Waals surface area (Å²) in [6.45, 7) is 3.29. The smallest absolute Gasteiger partial charge is 0.341 e. The molecule has 0 saturated heterocycles. The van der Waals surface area contributed by atoms with Gasteiger partial charge in [0.25, 0.3) is 0 Å². The zero-order chi connectivity index (χ0) is 23.7. The highest BCUT2D eigenvalue weighted by molar-refractivity contribution is 7.64. The normalized spacial score (nSPS) is 11.7. The van der Waals surface area contributed by atoms with Gasteiger partial charge < -0.3 is 14.2 Å². The molecule has 0 aliphatic heterocycles. The van der Waals surface area contributed by atoms with Crippen LogP contribution in [0.25, 0.3) is 6.08 Å². The number of halogens is 3. The maximum absolute atomic E-state index is 11.9. The van der Waals surface area contributed by atoms with Crippen LogP contribution in [0.3, 0.4) is 0 Å². The SMILES string of the molecule is CCCCCCCCOc1ccc(/C=C/C(=O)OCCCCCC[Si](Cl)(Cl)Cl)cc1OC. The van der Waals surface area contributed by atoms with E-state index in [1.807, 2.05) is 18.2 Å². The van der Waals surface area contributed by atoms with Crippen molar-refractivity contribution in [1.29, 1.82) is 0 Å². The van der Waals surface area contributed by atoms with Crippen LogP contribution in [0, 0.1) is 0 Å². The minimum Gasteiger partial charge on any atom is -0.493 e. The number of methoxy groups -OCH3 is 1. The van der Waals surface area contributed by atoms with Crippen molar-refractivity contribution in [2.24, 2.45) is 0 Å². The Bertz CT molecular complexity index is 678. The van der Waals surface area contributed by atoms with Crippen molar-refractivity contribution < 1.29 is 19.0 Å². The van der Waals surface area contributed by atoms with Gasteiger partial charge in [-0.2, -0.15) is 0 Å². The van der Waals surface area contributed by atoms with Crippen LogP contribution in [0.4, 0.5) is 0 Å². The van der Waals surface area contributed by atoms with E-state index in [-0.39, 0.29) is 5.97 Å². The van der Waals surface area contributed by atoms with Gasteiger partial charge in [0.2, 0.25) is 0 Å². The van der Waals surface area contributed by atoms with Crippen molar-refractivity contribution in [2.45, 2.75) is 77.2 Å². The lowest BCUT2D eigenvalue weighted by molar-refractivity contribution is -0.137. The molecule has 0 heterocycles. The number of rotatable bonds is 18. The van der Waals surface area contributed by atoms with Crippen LogP contribution in [0.2, 0.25) is 6.04 Å². The highest BCUT2D eigenvalue weighted by Crippen LogP contribution is 2.29. The van der Waals surface area contributed by atoms with Gasteiger partial charge in [0.1, 0.15) is 0 Å². The van der Waals surface area contributed by atoms with Crippen molar-refractivity contribution in [3.8, 4) is 11.5 Å². The summed E-state index contributed by atoms with van der Waals surface area (Å²) in [4.78, 5) is 11.9. The Morgan fingerprint density at radius 3 is 2.25 bits per heavy atom. The van der Waals surface area contributed by atoms with Crippen molar-refractivity contribution in [1.82, 2.24) is 0 Å².